The Morgan fingerprint density at radius 3 is 2.23 bits per heavy atom. The Morgan fingerprint density at radius 1 is 1.46 bits per heavy atom. The van der Waals surface area contributed by atoms with E-state index >= 15 is 0 Å². The van der Waals surface area contributed by atoms with E-state index in [4.69, 9.17) is 0 Å². The molecule has 0 aliphatic heterocycles. The molecule has 1 rings (SSSR count). The van der Waals surface area contributed by atoms with Crippen LogP contribution in [0.3, 0.4) is 0 Å². The third kappa shape index (κ3) is 1.97. The van der Waals surface area contributed by atoms with Gasteiger partial charge >= 0.3 is 0 Å². The van der Waals surface area contributed by atoms with Crippen LogP contribution in [0.4, 0.5) is 0 Å². The highest BCUT2D eigenvalue weighted by Crippen LogP contribution is 2.21. The average molecular weight is 180 g/mol. The minimum absolute atomic E-state index is 0.00542. The lowest BCUT2D eigenvalue weighted by Crippen LogP contribution is -2.12. The number of aryl methyl sites for hydroxylation is 1. The molecule has 3 heteroatoms. The number of hydrogen-bond donors (Lipinski definition) is 0. The van der Waals surface area contributed by atoms with Crippen LogP contribution in [0.2, 0.25) is 0 Å². The molecular weight excluding hydrogens is 164 g/mol. The number of aromatic nitrogens is 2. The zero-order valence-electron chi connectivity index (χ0n) is 8.88. The lowest BCUT2D eigenvalue weighted by atomic mass is 9.92. The molecule has 72 valence electrons. The first-order valence-corrected chi connectivity index (χ1v) is 4.38. The standard InChI is InChI=1S/C10H16N2O/c1-7(13)8-6-9(10(2,3)4)11-12(8)5/h6H,1-5H3. The molecule has 0 aliphatic carbocycles. The van der Waals surface area contributed by atoms with Gasteiger partial charge in [0.2, 0.25) is 0 Å². The van der Waals surface area contributed by atoms with E-state index in [-0.39, 0.29) is 11.2 Å². The first kappa shape index (κ1) is 9.96. The van der Waals surface area contributed by atoms with Gasteiger partial charge in [-0.1, -0.05) is 20.8 Å². The van der Waals surface area contributed by atoms with Gasteiger partial charge < -0.3 is 0 Å². The van der Waals surface area contributed by atoms with E-state index in [0.717, 1.165) is 5.69 Å². The summed E-state index contributed by atoms with van der Waals surface area (Å²) in [6, 6.07) is 1.86. The molecule has 0 amide bonds. The Bertz CT molecular complexity index is 331. The molecule has 0 saturated carbocycles. The van der Waals surface area contributed by atoms with E-state index < -0.39 is 0 Å². The fraction of sp³-hybridized carbons (Fsp3) is 0.600. The van der Waals surface area contributed by atoms with Crippen LogP contribution in [0.25, 0.3) is 0 Å². The zero-order chi connectivity index (χ0) is 10.2. The van der Waals surface area contributed by atoms with Crippen LogP contribution >= 0.6 is 0 Å². The smallest absolute Gasteiger partial charge is 0.177 e. The van der Waals surface area contributed by atoms with Crippen molar-refractivity contribution in [1.82, 2.24) is 9.78 Å². The Balaban J connectivity index is 3.17. The third-order valence-electron chi connectivity index (χ3n) is 2.01. The molecular formula is C10H16N2O. The number of Topliss-reactive ketones (excluding diaryl/α,β-unsaturated/α-hetero) is 1. The lowest BCUT2D eigenvalue weighted by Gasteiger charge is -2.13. The molecule has 1 heterocycles. The second-order valence-corrected chi connectivity index (χ2v) is 4.34. The van der Waals surface area contributed by atoms with Crippen LogP contribution in [0.15, 0.2) is 6.07 Å². The predicted octanol–water partition coefficient (Wildman–Crippen LogP) is 1.92. The van der Waals surface area contributed by atoms with E-state index in [1.165, 1.54) is 0 Å². The van der Waals surface area contributed by atoms with E-state index in [1.807, 2.05) is 6.07 Å². The maximum atomic E-state index is 11.1. The molecule has 0 bridgehead atoms. The maximum Gasteiger partial charge on any atom is 0.177 e. The molecule has 0 aromatic carbocycles. The summed E-state index contributed by atoms with van der Waals surface area (Å²) >= 11 is 0. The Hall–Kier alpha value is -1.12. The van der Waals surface area contributed by atoms with Gasteiger partial charge in [-0.05, 0) is 6.07 Å². The SMILES string of the molecule is CC(=O)c1cc(C(C)(C)C)nn1C. The second kappa shape index (κ2) is 2.98. The van der Waals surface area contributed by atoms with Crippen molar-refractivity contribution in [3.8, 4) is 0 Å². The minimum atomic E-state index is 0.00542. The Labute approximate surface area is 78.8 Å². The van der Waals surface area contributed by atoms with Crippen molar-refractivity contribution in [2.24, 2.45) is 7.05 Å². The van der Waals surface area contributed by atoms with E-state index in [2.05, 4.69) is 25.9 Å². The van der Waals surface area contributed by atoms with Crippen LogP contribution in [0.1, 0.15) is 43.9 Å². The molecule has 0 N–H and O–H groups in total. The highest BCUT2D eigenvalue weighted by atomic mass is 16.1. The first-order valence-electron chi connectivity index (χ1n) is 4.38. The highest BCUT2D eigenvalue weighted by molar-refractivity contribution is 5.92. The summed E-state index contributed by atoms with van der Waals surface area (Å²) in [5.41, 5.74) is 1.64. The number of rotatable bonds is 1. The number of ketones is 1. The van der Waals surface area contributed by atoms with Gasteiger partial charge in [-0.3, -0.25) is 9.48 Å². The average Bonchev–Trinajstić information content (AvgIpc) is 2.29. The van der Waals surface area contributed by atoms with Crippen molar-refractivity contribution in [3.63, 3.8) is 0 Å². The molecule has 0 spiro atoms. The summed E-state index contributed by atoms with van der Waals surface area (Å²) in [6.45, 7) is 7.81. The third-order valence-corrected chi connectivity index (χ3v) is 2.01. The number of carbonyl (C=O) groups excluding carboxylic acids is 1. The first-order chi connectivity index (χ1) is 5.82. The van der Waals surface area contributed by atoms with Gasteiger partial charge in [-0.25, -0.2) is 0 Å². The van der Waals surface area contributed by atoms with E-state index in [9.17, 15) is 4.79 Å². The Morgan fingerprint density at radius 2 is 2.00 bits per heavy atom. The van der Waals surface area contributed by atoms with Crippen LogP contribution in [-0.2, 0) is 12.5 Å². The van der Waals surface area contributed by atoms with Gasteiger partial charge in [-0.2, -0.15) is 5.10 Å². The van der Waals surface area contributed by atoms with Gasteiger partial charge in [0.15, 0.2) is 5.78 Å². The van der Waals surface area contributed by atoms with Crippen molar-refractivity contribution in [2.45, 2.75) is 33.1 Å². The molecule has 3 nitrogen and oxygen atoms in total. The van der Waals surface area contributed by atoms with E-state index in [1.54, 1.807) is 18.7 Å². The molecule has 1 aromatic rings. The fourth-order valence-corrected chi connectivity index (χ4v) is 1.16. The quantitative estimate of drug-likeness (QED) is 0.619. The highest BCUT2D eigenvalue weighted by Gasteiger charge is 2.19. The van der Waals surface area contributed by atoms with Gasteiger partial charge in [-0.15, -0.1) is 0 Å². The van der Waals surface area contributed by atoms with Crippen LogP contribution < -0.4 is 0 Å². The number of nitrogens with zero attached hydrogens (tertiary/aromatic N) is 2. The van der Waals surface area contributed by atoms with Crippen molar-refractivity contribution in [3.05, 3.63) is 17.5 Å². The summed E-state index contributed by atoms with van der Waals surface area (Å²) in [7, 11) is 1.80. The largest absolute Gasteiger partial charge is 0.293 e. The number of carbonyl (C=O) groups is 1. The Kier molecular flexibility index (Phi) is 2.28. The normalized spacial score (nSPS) is 11.8. The summed E-state index contributed by atoms with van der Waals surface area (Å²) in [4.78, 5) is 11.1. The number of hydrogen-bond acceptors (Lipinski definition) is 2. The van der Waals surface area contributed by atoms with Crippen LogP contribution in [-0.4, -0.2) is 15.6 Å². The summed E-state index contributed by atoms with van der Waals surface area (Å²) in [5, 5.41) is 4.30. The molecule has 0 radical (unpaired) electrons. The molecule has 0 atom stereocenters. The van der Waals surface area contributed by atoms with Gasteiger partial charge in [0.05, 0.1) is 5.69 Å². The van der Waals surface area contributed by atoms with Gasteiger partial charge in [0.25, 0.3) is 0 Å². The topological polar surface area (TPSA) is 34.9 Å². The minimum Gasteiger partial charge on any atom is -0.293 e. The zero-order valence-corrected chi connectivity index (χ0v) is 8.88. The maximum absolute atomic E-state index is 11.1. The summed E-state index contributed by atoms with van der Waals surface area (Å²) in [5.74, 6) is 0.0606. The monoisotopic (exact) mass is 180 g/mol. The summed E-state index contributed by atoms with van der Waals surface area (Å²) < 4.78 is 1.64. The molecule has 0 unspecified atom stereocenters. The fourth-order valence-electron chi connectivity index (χ4n) is 1.16. The van der Waals surface area contributed by atoms with Crippen molar-refractivity contribution < 1.29 is 4.79 Å². The van der Waals surface area contributed by atoms with Crippen molar-refractivity contribution in [2.75, 3.05) is 0 Å². The lowest BCUT2D eigenvalue weighted by molar-refractivity contribution is 0.100. The van der Waals surface area contributed by atoms with Gasteiger partial charge in [0, 0.05) is 19.4 Å². The molecule has 0 saturated heterocycles. The predicted molar refractivity (Wildman–Crippen MR) is 51.9 cm³/mol. The van der Waals surface area contributed by atoms with Crippen LogP contribution in [0, 0.1) is 0 Å². The van der Waals surface area contributed by atoms with E-state index in [0.29, 0.717) is 5.69 Å². The second-order valence-electron chi connectivity index (χ2n) is 4.34. The molecule has 1 aromatic heterocycles. The molecule has 0 aliphatic rings. The molecule has 0 fully saturated rings. The van der Waals surface area contributed by atoms with Crippen molar-refractivity contribution >= 4 is 5.78 Å². The van der Waals surface area contributed by atoms with Crippen molar-refractivity contribution in [1.29, 1.82) is 0 Å². The molecule has 13 heavy (non-hydrogen) atoms. The van der Waals surface area contributed by atoms with Gasteiger partial charge in [0.1, 0.15) is 5.69 Å². The summed E-state index contributed by atoms with van der Waals surface area (Å²) in [6.07, 6.45) is 0. The van der Waals surface area contributed by atoms with Crippen LogP contribution in [0.5, 0.6) is 0 Å².